The van der Waals surface area contributed by atoms with Gasteiger partial charge in [-0.3, -0.25) is 9.20 Å². The van der Waals surface area contributed by atoms with Crippen LogP contribution in [0, 0.1) is 6.92 Å². The van der Waals surface area contributed by atoms with Gasteiger partial charge in [0.15, 0.2) is 5.65 Å². The minimum absolute atomic E-state index is 0.0703. The number of hydrogen-bond donors (Lipinski definition) is 1. The van der Waals surface area contributed by atoms with Crippen molar-refractivity contribution in [3.8, 4) is 0 Å². The second-order valence-corrected chi connectivity index (χ2v) is 6.67. The molecule has 0 aliphatic carbocycles. The molecule has 1 amide bonds. The van der Waals surface area contributed by atoms with Gasteiger partial charge in [0.25, 0.3) is 5.91 Å². The number of amides is 1. The number of fused-ring (bicyclic) bond motifs is 1. The van der Waals surface area contributed by atoms with Crippen LogP contribution in [0.2, 0.25) is 5.02 Å². The Hall–Kier alpha value is -2.13. The lowest BCUT2D eigenvalue weighted by Gasteiger charge is -2.09. The third-order valence-electron chi connectivity index (χ3n) is 3.55. The van der Waals surface area contributed by atoms with Crippen molar-refractivity contribution in [1.82, 2.24) is 19.9 Å². The number of aromatic nitrogens is 3. The van der Waals surface area contributed by atoms with Gasteiger partial charge < -0.3 is 5.32 Å². The van der Waals surface area contributed by atoms with Gasteiger partial charge in [-0.25, -0.2) is 0 Å². The average molecular weight is 389 g/mol. The molecular formula is C15H12ClF3N4OS. The summed E-state index contributed by atoms with van der Waals surface area (Å²) in [4.78, 5) is 12.7. The molecule has 0 spiro atoms. The molecule has 0 atom stereocenters. The zero-order valence-electron chi connectivity index (χ0n) is 12.9. The van der Waals surface area contributed by atoms with Gasteiger partial charge in [0.05, 0.1) is 9.90 Å². The van der Waals surface area contributed by atoms with Crippen molar-refractivity contribution >= 4 is 34.5 Å². The second kappa shape index (κ2) is 6.64. The molecule has 0 fully saturated rings. The van der Waals surface area contributed by atoms with Crippen LogP contribution in [0.25, 0.3) is 5.65 Å². The van der Waals surface area contributed by atoms with Gasteiger partial charge in [0, 0.05) is 19.2 Å². The van der Waals surface area contributed by atoms with E-state index in [0.717, 1.165) is 11.6 Å². The number of nitrogens with one attached hydrogen (secondary N) is 1. The largest absolute Gasteiger partial charge is 0.420 e. The standard InChI is InChI=1S/C15H12ClF3N4OS/c1-8-3-5-25-12(8)14(24)20-4-2-11-21-22-13-10(15(17,18)19)6-9(16)7-23(11)13/h3,5-7H,2,4H2,1H3,(H,20,24). The lowest BCUT2D eigenvalue weighted by molar-refractivity contribution is -0.136. The highest BCUT2D eigenvalue weighted by Gasteiger charge is 2.35. The molecule has 0 bridgehead atoms. The van der Waals surface area contributed by atoms with Gasteiger partial charge in [-0.15, -0.1) is 21.5 Å². The zero-order valence-corrected chi connectivity index (χ0v) is 14.5. The first-order valence-electron chi connectivity index (χ1n) is 7.20. The summed E-state index contributed by atoms with van der Waals surface area (Å²) in [6.07, 6.45) is -3.04. The average Bonchev–Trinajstić information content (AvgIpc) is 3.12. The van der Waals surface area contributed by atoms with Crippen molar-refractivity contribution in [2.24, 2.45) is 0 Å². The topological polar surface area (TPSA) is 59.3 Å². The Morgan fingerprint density at radius 2 is 2.16 bits per heavy atom. The molecule has 25 heavy (non-hydrogen) atoms. The molecule has 0 saturated carbocycles. The smallest absolute Gasteiger partial charge is 0.351 e. The molecule has 3 rings (SSSR count). The molecule has 132 valence electrons. The number of halogens is 4. The Bertz CT molecular complexity index is 935. The lowest BCUT2D eigenvalue weighted by atomic mass is 10.2. The van der Waals surface area contributed by atoms with Crippen LogP contribution in [-0.4, -0.2) is 27.0 Å². The fraction of sp³-hybridized carbons (Fsp3) is 0.267. The lowest BCUT2D eigenvalue weighted by Crippen LogP contribution is -2.26. The van der Waals surface area contributed by atoms with Crippen molar-refractivity contribution in [1.29, 1.82) is 0 Å². The molecule has 10 heteroatoms. The molecule has 3 heterocycles. The molecule has 1 N–H and O–H groups in total. The maximum absolute atomic E-state index is 13.1. The summed E-state index contributed by atoms with van der Waals surface area (Å²) in [5, 5.41) is 11.9. The van der Waals surface area contributed by atoms with Gasteiger partial charge in [0.2, 0.25) is 0 Å². The number of alkyl halides is 3. The van der Waals surface area contributed by atoms with Crippen LogP contribution in [0.15, 0.2) is 23.7 Å². The van der Waals surface area contributed by atoms with Crippen LogP contribution in [0.5, 0.6) is 0 Å². The molecule has 3 aromatic rings. The molecule has 0 aliphatic heterocycles. The minimum Gasteiger partial charge on any atom is -0.351 e. The highest BCUT2D eigenvalue weighted by atomic mass is 35.5. The Balaban J connectivity index is 1.78. The number of nitrogens with zero attached hydrogens (tertiary/aromatic N) is 3. The summed E-state index contributed by atoms with van der Waals surface area (Å²) < 4.78 is 40.4. The summed E-state index contributed by atoms with van der Waals surface area (Å²) in [5.74, 6) is 0.0570. The van der Waals surface area contributed by atoms with Crippen molar-refractivity contribution in [3.05, 3.63) is 50.6 Å². The summed E-state index contributed by atoms with van der Waals surface area (Å²) >= 11 is 7.11. The zero-order chi connectivity index (χ0) is 18.2. The van der Waals surface area contributed by atoms with Crippen molar-refractivity contribution in [2.75, 3.05) is 6.54 Å². The number of carbonyl (C=O) groups excluding carboxylic acids is 1. The maximum atomic E-state index is 13.1. The maximum Gasteiger partial charge on any atom is 0.420 e. The third kappa shape index (κ3) is 3.62. The monoisotopic (exact) mass is 388 g/mol. The van der Waals surface area contributed by atoms with Crippen LogP contribution in [0.3, 0.4) is 0 Å². The fourth-order valence-corrected chi connectivity index (χ4v) is 3.41. The van der Waals surface area contributed by atoms with E-state index in [4.69, 9.17) is 11.6 Å². The van der Waals surface area contributed by atoms with Crippen LogP contribution in [-0.2, 0) is 12.6 Å². The first kappa shape index (κ1) is 17.7. The van der Waals surface area contributed by atoms with E-state index in [0.29, 0.717) is 4.88 Å². The minimum atomic E-state index is -4.58. The molecule has 0 saturated heterocycles. The van der Waals surface area contributed by atoms with Gasteiger partial charge in [-0.05, 0) is 30.0 Å². The van der Waals surface area contributed by atoms with E-state index < -0.39 is 11.7 Å². The summed E-state index contributed by atoms with van der Waals surface area (Å²) in [6, 6.07) is 2.66. The van der Waals surface area contributed by atoms with E-state index in [1.807, 2.05) is 18.4 Å². The number of pyridine rings is 1. The normalized spacial score (nSPS) is 11.9. The summed E-state index contributed by atoms with van der Waals surface area (Å²) in [6.45, 7) is 2.04. The highest BCUT2D eigenvalue weighted by molar-refractivity contribution is 7.12. The molecule has 0 aromatic carbocycles. The summed E-state index contributed by atoms with van der Waals surface area (Å²) in [7, 11) is 0. The first-order valence-corrected chi connectivity index (χ1v) is 8.46. The number of carbonyl (C=O) groups is 1. The van der Waals surface area contributed by atoms with Crippen LogP contribution in [0.4, 0.5) is 13.2 Å². The Morgan fingerprint density at radius 3 is 2.80 bits per heavy atom. The molecule has 0 unspecified atom stereocenters. The quantitative estimate of drug-likeness (QED) is 0.740. The highest BCUT2D eigenvalue weighted by Crippen LogP contribution is 2.33. The molecule has 5 nitrogen and oxygen atoms in total. The van der Waals surface area contributed by atoms with Gasteiger partial charge in [0.1, 0.15) is 11.4 Å². The fourth-order valence-electron chi connectivity index (χ4n) is 2.36. The van der Waals surface area contributed by atoms with E-state index in [2.05, 4.69) is 15.5 Å². The molecule has 0 radical (unpaired) electrons. The Morgan fingerprint density at radius 1 is 1.40 bits per heavy atom. The predicted molar refractivity (Wildman–Crippen MR) is 88.1 cm³/mol. The van der Waals surface area contributed by atoms with Crippen molar-refractivity contribution in [2.45, 2.75) is 19.5 Å². The molecule has 3 aromatic heterocycles. The van der Waals surface area contributed by atoms with Crippen LogP contribution >= 0.6 is 22.9 Å². The predicted octanol–water partition coefficient (Wildman–Crippen LogP) is 3.74. The van der Waals surface area contributed by atoms with Crippen molar-refractivity contribution in [3.63, 3.8) is 0 Å². The van der Waals surface area contributed by atoms with E-state index in [-0.39, 0.29) is 35.4 Å². The summed E-state index contributed by atoms with van der Waals surface area (Å²) in [5.41, 5.74) is -0.388. The number of hydrogen-bond acceptors (Lipinski definition) is 4. The SMILES string of the molecule is Cc1ccsc1C(=O)NCCc1nnc2c(C(F)(F)F)cc(Cl)cn12. The number of rotatable bonds is 4. The van der Waals surface area contributed by atoms with Gasteiger partial charge in [-0.2, -0.15) is 13.2 Å². The van der Waals surface area contributed by atoms with E-state index in [1.165, 1.54) is 21.9 Å². The van der Waals surface area contributed by atoms with Crippen molar-refractivity contribution < 1.29 is 18.0 Å². The van der Waals surface area contributed by atoms with E-state index in [9.17, 15) is 18.0 Å². The molecular weight excluding hydrogens is 377 g/mol. The number of aryl methyl sites for hydroxylation is 1. The van der Waals surface area contributed by atoms with Crippen LogP contribution in [0.1, 0.15) is 26.6 Å². The third-order valence-corrected chi connectivity index (χ3v) is 4.77. The Labute approximate surface area is 149 Å². The van der Waals surface area contributed by atoms with E-state index in [1.54, 1.807) is 0 Å². The number of thiophene rings is 1. The second-order valence-electron chi connectivity index (χ2n) is 5.32. The van der Waals surface area contributed by atoms with Crippen LogP contribution < -0.4 is 5.32 Å². The van der Waals surface area contributed by atoms with E-state index >= 15 is 0 Å². The first-order chi connectivity index (χ1) is 11.8. The van der Waals surface area contributed by atoms with Gasteiger partial charge >= 0.3 is 6.18 Å². The van der Waals surface area contributed by atoms with Gasteiger partial charge in [-0.1, -0.05) is 11.6 Å². The molecule has 0 aliphatic rings. The Kier molecular flexibility index (Phi) is 4.70.